The van der Waals surface area contributed by atoms with E-state index in [1.54, 1.807) is 0 Å². The molecule has 0 aromatic heterocycles. The van der Waals surface area contributed by atoms with Crippen molar-refractivity contribution in [2.45, 2.75) is 70.1 Å². The van der Waals surface area contributed by atoms with Crippen LogP contribution in [0.25, 0.3) is 0 Å². The van der Waals surface area contributed by atoms with Gasteiger partial charge in [0, 0.05) is 6.42 Å². The largest absolute Gasteiger partial charge is 0.472 e. The van der Waals surface area contributed by atoms with Gasteiger partial charge in [-0.1, -0.05) is 42.1 Å². The minimum Gasteiger partial charge on any atom is -0.472 e. The minimum atomic E-state index is -0.631. The van der Waals surface area contributed by atoms with Crippen molar-refractivity contribution < 1.29 is 23.7 Å². The van der Waals surface area contributed by atoms with E-state index in [2.05, 4.69) is 0 Å². The van der Waals surface area contributed by atoms with Crippen LogP contribution in [0.1, 0.15) is 32.8 Å². The van der Waals surface area contributed by atoms with Crippen LogP contribution in [-0.4, -0.2) is 53.6 Å². The monoisotopic (exact) mass is 412 g/mol. The van der Waals surface area contributed by atoms with Crippen LogP contribution in [0, 0.1) is 0 Å². The van der Waals surface area contributed by atoms with Crippen LogP contribution < -0.4 is 0 Å². The molecule has 2 fully saturated rings. The lowest BCUT2D eigenvalue weighted by Gasteiger charge is -2.32. The van der Waals surface area contributed by atoms with E-state index in [0.29, 0.717) is 17.6 Å². The van der Waals surface area contributed by atoms with Gasteiger partial charge in [0.05, 0.1) is 19.3 Å². The zero-order valence-electron chi connectivity index (χ0n) is 16.3. The molecule has 0 N–H and O–H groups in total. The first-order valence-electron chi connectivity index (χ1n) is 9.25. The molecule has 2 heterocycles. The van der Waals surface area contributed by atoms with Gasteiger partial charge in [0.25, 0.3) is 0 Å². The fourth-order valence-corrected chi connectivity index (χ4v) is 3.85. The third-order valence-electron chi connectivity index (χ3n) is 4.74. The van der Waals surface area contributed by atoms with Gasteiger partial charge < -0.3 is 23.7 Å². The standard InChI is InChI=1S/C20H28O5S2/c1-13-10-15(24-19(26)27-4)18(23-13)17(16-12-22-20(2,3)25-16)21-11-14-8-6-5-7-9-14/h5-9,13,15-18H,10-12H2,1-4H3/t13?,15-,16-,17+,18+/m0/s1. The zero-order valence-corrected chi connectivity index (χ0v) is 17.9. The van der Waals surface area contributed by atoms with Gasteiger partial charge in [-0.25, -0.2) is 0 Å². The topological polar surface area (TPSA) is 46.2 Å². The summed E-state index contributed by atoms with van der Waals surface area (Å²) in [4.78, 5) is 0. The Morgan fingerprint density at radius 3 is 2.70 bits per heavy atom. The number of rotatable bonds is 6. The number of hydrogen-bond acceptors (Lipinski definition) is 7. The predicted octanol–water partition coefficient (Wildman–Crippen LogP) is 3.93. The Morgan fingerprint density at radius 1 is 1.33 bits per heavy atom. The first-order valence-corrected chi connectivity index (χ1v) is 10.9. The molecule has 0 amide bonds. The van der Waals surface area contributed by atoms with Crippen LogP contribution in [0.2, 0.25) is 0 Å². The summed E-state index contributed by atoms with van der Waals surface area (Å²) in [6.45, 7) is 6.80. The maximum atomic E-state index is 6.32. The molecule has 0 aliphatic carbocycles. The Hall–Kier alpha value is -0.700. The van der Waals surface area contributed by atoms with E-state index >= 15 is 0 Å². The maximum absolute atomic E-state index is 6.32. The van der Waals surface area contributed by atoms with E-state index in [9.17, 15) is 0 Å². The van der Waals surface area contributed by atoms with Crippen molar-refractivity contribution in [2.75, 3.05) is 12.9 Å². The van der Waals surface area contributed by atoms with Gasteiger partial charge in [-0.2, -0.15) is 0 Å². The summed E-state index contributed by atoms with van der Waals surface area (Å²) < 4.78 is 30.9. The van der Waals surface area contributed by atoms with Gasteiger partial charge >= 0.3 is 0 Å². The van der Waals surface area contributed by atoms with E-state index in [4.69, 9.17) is 35.9 Å². The lowest BCUT2D eigenvalue weighted by molar-refractivity contribution is -0.181. The highest BCUT2D eigenvalue weighted by Crippen LogP contribution is 2.34. The van der Waals surface area contributed by atoms with Crippen LogP contribution in [0.5, 0.6) is 0 Å². The number of benzene rings is 1. The van der Waals surface area contributed by atoms with Crippen molar-refractivity contribution in [3.8, 4) is 0 Å². The summed E-state index contributed by atoms with van der Waals surface area (Å²) in [7, 11) is 0. The predicted molar refractivity (Wildman–Crippen MR) is 110 cm³/mol. The fourth-order valence-electron chi connectivity index (χ4n) is 3.51. The molecule has 2 saturated heterocycles. The molecule has 1 aromatic carbocycles. The highest BCUT2D eigenvalue weighted by atomic mass is 32.2. The fraction of sp³-hybridized carbons (Fsp3) is 0.650. The summed E-state index contributed by atoms with van der Waals surface area (Å²) >= 11 is 6.70. The normalized spacial score (nSPS) is 31.0. The van der Waals surface area contributed by atoms with E-state index in [-0.39, 0.29) is 30.5 Å². The van der Waals surface area contributed by atoms with Crippen LogP contribution in [0.3, 0.4) is 0 Å². The first-order chi connectivity index (χ1) is 12.9. The molecule has 3 rings (SSSR count). The van der Waals surface area contributed by atoms with Gasteiger partial charge in [0.2, 0.25) is 4.38 Å². The smallest absolute Gasteiger partial charge is 0.220 e. The molecule has 5 atom stereocenters. The van der Waals surface area contributed by atoms with Gasteiger partial charge in [0.15, 0.2) is 5.79 Å². The lowest BCUT2D eigenvalue weighted by Crippen LogP contribution is -2.47. The second kappa shape index (κ2) is 9.20. The second-order valence-electron chi connectivity index (χ2n) is 7.39. The Bertz CT molecular complexity index is 624. The van der Waals surface area contributed by atoms with Crippen LogP contribution in [0.4, 0.5) is 0 Å². The van der Waals surface area contributed by atoms with Crippen molar-refractivity contribution in [1.82, 2.24) is 0 Å². The van der Waals surface area contributed by atoms with Gasteiger partial charge in [-0.3, -0.25) is 0 Å². The molecule has 0 radical (unpaired) electrons. The van der Waals surface area contributed by atoms with E-state index in [1.165, 1.54) is 11.8 Å². The molecule has 1 aromatic rings. The molecular formula is C20H28O5S2. The van der Waals surface area contributed by atoms with Crippen LogP contribution >= 0.6 is 24.0 Å². The van der Waals surface area contributed by atoms with Crippen LogP contribution in [-0.2, 0) is 30.3 Å². The average Bonchev–Trinajstić information content (AvgIpc) is 3.18. The molecule has 150 valence electrons. The van der Waals surface area contributed by atoms with Gasteiger partial charge in [0.1, 0.15) is 24.4 Å². The molecule has 5 nitrogen and oxygen atoms in total. The summed E-state index contributed by atoms with van der Waals surface area (Å²) in [5.74, 6) is -0.631. The Morgan fingerprint density at radius 2 is 2.07 bits per heavy atom. The quantitative estimate of drug-likeness (QED) is 0.656. The first kappa shape index (κ1) is 21.0. The van der Waals surface area contributed by atoms with Gasteiger partial charge in [-0.15, -0.1) is 0 Å². The summed E-state index contributed by atoms with van der Waals surface area (Å²) in [6, 6.07) is 10.1. The van der Waals surface area contributed by atoms with E-state index in [1.807, 2.05) is 57.4 Å². The van der Waals surface area contributed by atoms with Crippen molar-refractivity contribution in [2.24, 2.45) is 0 Å². The SMILES string of the molecule is CSC(=S)O[C@H]1CC(C)O[C@H]1[C@H](OCc1ccccc1)[C@@H]1COC(C)(C)O1. The van der Waals surface area contributed by atoms with E-state index in [0.717, 1.165) is 12.0 Å². The molecule has 7 heteroatoms. The summed E-state index contributed by atoms with van der Waals surface area (Å²) in [5, 5.41) is 0. The number of thioether (sulfide) groups is 1. The van der Waals surface area contributed by atoms with Crippen molar-refractivity contribution >= 4 is 28.4 Å². The Labute approximate surface area is 171 Å². The highest BCUT2D eigenvalue weighted by Gasteiger charge is 2.48. The zero-order chi connectivity index (χ0) is 19.4. The summed E-state index contributed by atoms with van der Waals surface area (Å²) in [6.07, 6.45) is 1.79. The second-order valence-corrected chi connectivity index (χ2v) is 8.79. The van der Waals surface area contributed by atoms with E-state index < -0.39 is 5.79 Å². The van der Waals surface area contributed by atoms with Crippen molar-refractivity contribution in [3.63, 3.8) is 0 Å². The summed E-state index contributed by atoms with van der Waals surface area (Å²) in [5.41, 5.74) is 1.10. The lowest BCUT2D eigenvalue weighted by atomic mass is 10.0. The molecular weight excluding hydrogens is 384 g/mol. The molecule has 0 bridgehead atoms. The molecule has 2 aliphatic rings. The average molecular weight is 413 g/mol. The number of hydrogen-bond donors (Lipinski definition) is 0. The van der Waals surface area contributed by atoms with Crippen molar-refractivity contribution in [3.05, 3.63) is 35.9 Å². The van der Waals surface area contributed by atoms with Crippen LogP contribution in [0.15, 0.2) is 30.3 Å². The maximum Gasteiger partial charge on any atom is 0.220 e. The van der Waals surface area contributed by atoms with Gasteiger partial charge in [-0.05, 0) is 44.8 Å². The van der Waals surface area contributed by atoms with Crippen molar-refractivity contribution in [1.29, 1.82) is 0 Å². The molecule has 1 unspecified atom stereocenters. The number of thiocarbonyl (C=S) groups is 1. The third kappa shape index (κ3) is 5.65. The molecule has 0 saturated carbocycles. The molecule has 27 heavy (non-hydrogen) atoms. The molecule has 0 spiro atoms. The third-order valence-corrected chi connectivity index (χ3v) is 5.77. The Kier molecular flexibility index (Phi) is 7.16. The molecule has 2 aliphatic heterocycles. The number of ether oxygens (including phenoxy) is 5. The highest BCUT2D eigenvalue weighted by molar-refractivity contribution is 8.22. The minimum absolute atomic E-state index is 0.0720. The Balaban J connectivity index is 1.76.